The number of sulfonamides is 1. The van der Waals surface area contributed by atoms with Gasteiger partial charge in [0.05, 0.1) is 17.0 Å². The summed E-state index contributed by atoms with van der Waals surface area (Å²) < 4.78 is 50.4. The van der Waals surface area contributed by atoms with Crippen molar-refractivity contribution in [1.82, 2.24) is 14.1 Å². The van der Waals surface area contributed by atoms with Gasteiger partial charge in [-0.25, -0.2) is 17.6 Å². The number of benzene rings is 2. The molecule has 3 fully saturated rings. The highest BCUT2D eigenvalue weighted by atomic mass is 35.5. The maximum atomic E-state index is 14.3. The molecule has 5 rings (SSSR count). The van der Waals surface area contributed by atoms with E-state index in [1.807, 2.05) is 0 Å². The van der Waals surface area contributed by atoms with Crippen LogP contribution in [0.25, 0.3) is 0 Å². The van der Waals surface area contributed by atoms with Gasteiger partial charge in [0.2, 0.25) is 10.0 Å². The Hall–Kier alpha value is -2.20. The van der Waals surface area contributed by atoms with Crippen LogP contribution in [0, 0.1) is 5.82 Å². The summed E-state index contributed by atoms with van der Waals surface area (Å²) in [5.74, 6) is -0.424. The van der Waals surface area contributed by atoms with Crippen molar-refractivity contribution in [2.45, 2.75) is 93.8 Å². The Morgan fingerprint density at radius 1 is 0.927 bits per heavy atom. The predicted molar refractivity (Wildman–Crippen MR) is 158 cm³/mol. The van der Waals surface area contributed by atoms with Crippen LogP contribution in [0.2, 0.25) is 5.02 Å². The van der Waals surface area contributed by atoms with E-state index in [4.69, 9.17) is 16.3 Å². The molecule has 10 heteroatoms. The SMILES string of the molecule is CC(C)(OC(=O)N1CCC(N2CCCCC2)CC1)C1CCCC(c2cccc(F)c2)N1S(=O)(=O)c1ccc(Cl)cc1. The van der Waals surface area contributed by atoms with Crippen LogP contribution in [0.5, 0.6) is 0 Å². The number of piperidine rings is 3. The van der Waals surface area contributed by atoms with Gasteiger partial charge in [0.15, 0.2) is 0 Å². The van der Waals surface area contributed by atoms with Gasteiger partial charge in [0, 0.05) is 24.2 Å². The van der Waals surface area contributed by atoms with Gasteiger partial charge in [-0.1, -0.05) is 30.2 Å². The standard InChI is InChI=1S/C31H41ClFN3O4S/c1-31(2,40-30(37)35-20-16-26(17-21-35)34-18-4-3-5-19-34)29-11-7-10-28(23-8-6-9-25(33)22-23)36(29)41(38,39)27-14-12-24(32)13-15-27/h6,8-9,12-15,22,26,28-29H,3-5,7,10-11,16-21H2,1-2H3. The van der Waals surface area contributed by atoms with Gasteiger partial charge in [-0.05, 0) is 114 Å². The van der Waals surface area contributed by atoms with Crippen LogP contribution in [-0.2, 0) is 14.8 Å². The summed E-state index contributed by atoms with van der Waals surface area (Å²) in [5, 5.41) is 0.430. The van der Waals surface area contributed by atoms with Crippen LogP contribution in [0.1, 0.15) is 76.8 Å². The van der Waals surface area contributed by atoms with Crippen molar-refractivity contribution >= 4 is 27.7 Å². The molecule has 0 bridgehead atoms. The Labute approximate surface area is 248 Å². The first-order valence-corrected chi connectivity index (χ1v) is 16.6. The van der Waals surface area contributed by atoms with E-state index in [1.165, 1.54) is 47.8 Å². The molecule has 0 spiro atoms. The molecule has 2 aromatic carbocycles. The van der Waals surface area contributed by atoms with E-state index in [9.17, 15) is 17.6 Å². The predicted octanol–water partition coefficient (Wildman–Crippen LogP) is 6.63. The van der Waals surface area contributed by atoms with Crippen molar-refractivity contribution in [2.24, 2.45) is 0 Å². The van der Waals surface area contributed by atoms with E-state index in [1.54, 1.807) is 43.0 Å². The van der Waals surface area contributed by atoms with Gasteiger partial charge in [-0.2, -0.15) is 4.31 Å². The van der Waals surface area contributed by atoms with E-state index in [2.05, 4.69) is 4.90 Å². The van der Waals surface area contributed by atoms with Crippen LogP contribution >= 0.6 is 11.6 Å². The van der Waals surface area contributed by atoms with Crippen LogP contribution in [-0.4, -0.2) is 72.5 Å². The average molecular weight is 606 g/mol. The Kier molecular flexibility index (Phi) is 9.28. The number of ether oxygens (including phenoxy) is 1. The van der Waals surface area contributed by atoms with Crippen molar-refractivity contribution in [3.05, 3.63) is 64.9 Å². The quantitative estimate of drug-likeness (QED) is 0.370. The zero-order valence-electron chi connectivity index (χ0n) is 24.0. The third-order valence-corrected chi connectivity index (χ3v) is 11.2. The number of amides is 1. The maximum Gasteiger partial charge on any atom is 0.410 e. The number of halogens is 2. The minimum atomic E-state index is -4.06. The van der Waals surface area contributed by atoms with Gasteiger partial charge in [-0.3, -0.25) is 0 Å². The molecule has 2 atom stereocenters. The molecular weight excluding hydrogens is 565 g/mol. The summed E-state index contributed by atoms with van der Waals surface area (Å²) >= 11 is 6.06. The molecule has 2 aromatic rings. The monoisotopic (exact) mass is 605 g/mol. The van der Waals surface area contributed by atoms with Crippen LogP contribution in [0.3, 0.4) is 0 Å². The molecule has 0 aliphatic carbocycles. The van der Waals surface area contributed by atoms with E-state index in [0.717, 1.165) is 25.9 Å². The first kappa shape index (κ1) is 30.3. The number of nitrogens with zero attached hydrogens (tertiary/aromatic N) is 3. The molecule has 41 heavy (non-hydrogen) atoms. The molecule has 3 heterocycles. The van der Waals surface area contributed by atoms with Gasteiger partial charge < -0.3 is 14.5 Å². The molecule has 3 aliphatic rings. The largest absolute Gasteiger partial charge is 0.442 e. The topological polar surface area (TPSA) is 70.2 Å². The molecular formula is C31H41ClFN3O4S. The van der Waals surface area contributed by atoms with E-state index < -0.39 is 39.6 Å². The Bertz CT molecular complexity index is 1310. The highest BCUT2D eigenvalue weighted by Gasteiger charge is 2.49. The zero-order valence-corrected chi connectivity index (χ0v) is 25.5. The number of hydrogen-bond acceptors (Lipinski definition) is 5. The zero-order chi connectivity index (χ0) is 29.2. The number of carbonyl (C=O) groups excluding carboxylic acids is 1. The van der Waals surface area contributed by atoms with E-state index in [0.29, 0.717) is 49.0 Å². The highest BCUT2D eigenvalue weighted by molar-refractivity contribution is 7.89. The second-order valence-electron chi connectivity index (χ2n) is 12.1. The summed E-state index contributed by atoms with van der Waals surface area (Å²) in [6.45, 7) is 7.09. The van der Waals surface area contributed by atoms with Crippen molar-refractivity contribution in [3.63, 3.8) is 0 Å². The van der Waals surface area contributed by atoms with Crippen LogP contribution in [0.4, 0.5) is 9.18 Å². The highest BCUT2D eigenvalue weighted by Crippen LogP contribution is 2.43. The number of hydrogen-bond donors (Lipinski definition) is 0. The van der Waals surface area contributed by atoms with Crippen molar-refractivity contribution < 1.29 is 22.3 Å². The third kappa shape index (κ3) is 6.74. The van der Waals surface area contributed by atoms with Gasteiger partial charge in [0.1, 0.15) is 11.4 Å². The fraction of sp³-hybridized carbons (Fsp3) is 0.581. The lowest BCUT2D eigenvalue weighted by Gasteiger charge is -2.48. The van der Waals surface area contributed by atoms with E-state index >= 15 is 0 Å². The molecule has 2 unspecified atom stereocenters. The second kappa shape index (κ2) is 12.6. The van der Waals surface area contributed by atoms with Gasteiger partial charge in [-0.15, -0.1) is 0 Å². The summed E-state index contributed by atoms with van der Waals surface area (Å²) in [6, 6.07) is 11.4. The Morgan fingerprint density at radius 3 is 2.27 bits per heavy atom. The Morgan fingerprint density at radius 2 is 1.61 bits per heavy atom. The molecule has 0 saturated carbocycles. The lowest BCUT2D eigenvalue weighted by Crippen LogP contribution is -2.58. The normalized spacial score (nSPS) is 23.9. The first-order chi connectivity index (χ1) is 19.6. The molecule has 3 aliphatic heterocycles. The molecule has 7 nitrogen and oxygen atoms in total. The molecule has 0 aromatic heterocycles. The van der Waals surface area contributed by atoms with Gasteiger partial charge in [0.25, 0.3) is 0 Å². The number of carbonyl (C=O) groups is 1. The summed E-state index contributed by atoms with van der Waals surface area (Å²) in [6.07, 6.45) is 6.94. The van der Waals surface area contributed by atoms with Crippen LogP contribution in [0.15, 0.2) is 53.4 Å². The lowest BCUT2D eigenvalue weighted by atomic mass is 9.86. The van der Waals surface area contributed by atoms with Gasteiger partial charge >= 0.3 is 6.09 Å². The fourth-order valence-electron chi connectivity index (χ4n) is 6.78. The fourth-order valence-corrected chi connectivity index (χ4v) is 8.88. The summed E-state index contributed by atoms with van der Waals surface area (Å²) in [4.78, 5) is 17.9. The van der Waals surface area contributed by atoms with Crippen molar-refractivity contribution in [2.75, 3.05) is 26.2 Å². The van der Waals surface area contributed by atoms with Crippen molar-refractivity contribution in [3.8, 4) is 0 Å². The molecule has 1 amide bonds. The first-order valence-electron chi connectivity index (χ1n) is 14.8. The Balaban J connectivity index is 1.38. The van der Waals surface area contributed by atoms with Crippen LogP contribution < -0.4 is 0 Å². The second-order valence-corrected chi connectivity index (χ2v) is 14.4. The summed E-state index contributed by atoms with van der Waals surface area (Å²) in [7, 11) is -4.06. The number of rotatable bonds is 6. The number of likely N-dealkylation sites (tertiary alicyclic amines) is 2. The minimum Gasteiger partial charge on any atom is -0.442 e. The molecule has 224 valence electrons. The summed E-state index contributed by atoms with van der Waals surface area (Å²) in [5.41, 5.74) is -0.555. The minimum absolute atomic E-state index is 0.0946. The maximum absolute atomic E-state index is 14.3. The lowest BCUT2D eigenvalue weighted by molar-refractivity contribution is -0.0507. The molecule has 0 N–H and O–H groups in total. The molecule has 0 radical (unpaired) electrons. The average Bonchev–Trinajstić information content (AvgIpc) is 2.97. The third-order valence-electron chi connectivity index (χ3n) is 8.97. The van der Waals surface area contributed by atoms with E-state index in [-0.39, 0.29) is 4.90 Å². The molecule has 3 saturated heterocycles. The smallest absolute Gasteiger partial charge is 0.410 e. The van der Waals surface area contributed by atoms with Crippen molar-refractivity contribution in [1.29, 1.82) is 0 Å².